The largest absolute Gasteiger partial charge is 0.422 e. The summed E-state index contributed by atoms with van der Waals surface area (Å²) in [5, 5.41) is 8.52. The van der Waals surface area contributed by atoms with Crippen molar-refractivity contribution in [3.63, 3.8) is 0 Å². The van der Waals surface area contributed by atoms with Gasteiger partial charge in [-0.25, -0.2) is 0 Å². The van der Waals surface area contributed by atoms with Gasteiger partial charge in [-0.15, -0.1) is 0 Å². The van der Waals surface area contributed by atoms with Crippen molar-refractivity contribution in [2.75, 3.05) is 13.2 Å². The molecule has 6 nitrogen and oxygen atoms in total. The number of hydrogen-bond acceptors (Lipinski definition) is 6. The topological polar surface area (TPSA) is 85.2 Å². The fourth-order valence-electron chi connectivity index (χ4n) is 1.19. The number of rotatable bonds is 4. The van der Waals surface area contributed by atoms with Gasteiger partial charge in [0.25, 0.3) is 5.79 Å². The fourth-order valence-corrected chi connectivity index (χ4v) is 1.19. The van der Waals surface area contributed by atoms with Gasteiger partial charge in [-0.05, 0) is 6.42 Å². The molecule has 90 valence electrons. The first-order valence-electron chi connectivity index (χ1n) is 5.03. The smallest absolute Gasteiger partial charge is 0.329 e. The number of nitrogens with zero attached hydrogens (tertiary/aromatic N) is 1. The van der Waals surface area contributed by atoms with Crippen LogP contribution in [-0.4, -0.2) is 42.2 Å². The lowest BCUT2D eigenvalue weighted by Crippen LogP contribution is -2.46. The lowest BCUT2D eigenvalue weighted by Gasteiger charge is -2.31. The number of ether oxygens (including phenoxy) is 2. The number of esters is 2. The van der Waals surface area contributed by atoms with E-state index in [0.717, 1.165) is 0 Å². The number of aliphatic hydroxyl groups is 1. The van der Waals surface area contributed by atoms with Crippen LogP contribution in [0.25, 0.3) is 0 Å². The first-order valence-corrected chi connectivity index (χ1v) is 5.03. The van der Waals surface area contributed by atoms with Crippen LogP contribution in [0.15, 0.2) is 4.99 Å². The monoisotopic (exact) mass is 229 g/mol. The number of cyclic esters (lactones) is 2. The van der Waals surface area contributed by atoms with Gasteiger partial charge in [-0.3, -0.25) is 14.6 Å². The van der Waals surface area contributed by atoms with Gasteiger partial charge in [0.1, 0.15) is 0 Å². The first-order chi connectivity index (χ1) is 7.46. The van der Waals surface area contributed by atoms with Crippen LogP contribution < -0.4 is 0 Å². The van der Waals surface area contributed by atoms with Crippen molar-refractivity contribution in [1.29, 1.82) is 0 Å². The molecule has 6 heteroatoms. The van der Waals surface area contributed by atoms with E-state index in [-0.39, 0.29) is 6.61 Å². The van der Waals surface area contributed by atoms with Gasteiger partial charge in [0.2, 0.25) is 0 Å². The number of hydrogen-bond donors (Lipinski definition) is 1. The summed E-state index contributed by atoms with van der Waals surface area (Å²) in [6, 6.07) is 0. The molecule has 0 aromatic heterocycles. The average molecular weight is 229 g/mol. The molecule has 1 fully saturated rings. The second-order valence-electron chi connectivity index (χ2n) is 3.85. The van der Waals surface area contributed by atoms with E-state index < -0.39 is 23.6 Å². The lowest BCUT2D eigenvalue weighted by atomic mass is 10.1. The van der Waals surface area contributed by atoms with Crippen LogP contribution in [0.5, 0.6) is 0 Å². The predicted octanol–water partition coefficient (Wildman–Crippen LogP) is -0.108. The lowest BCUT2D eigenvalue weighted by molar-refractivity contribution is -0.235. The maximum absolute atomic E-state index is 11.4. The Balaban J connectivity index is 2.58. The van der Waals surface area contributed by atoms with Gasteiger partial charge in [-0.2, -0.15) is 0 Å². The van der Waals surface area contributed by atoms with Crippen molar-refractivity contribution < 1.29 is 24.2 Å². The summed E-state index contributed by atoms with van der Waals surface area (Å²) in [4.78, 5) is 26.7. The van der Waals surface area contributed by atoms with E-state index in [9.17, 15) is 9.59 Å². The van der Waals surface area contributed by atoms with Gasteiger partial charge < -0.3 is 14.6 Å². The molecule has 0 aromatic carbocycles. The molecule has 0 atom stereocenters. The molecule has 0 saturated carbocycles. The SMILES string of the molecule is CC1(C)OC(=O)C(C=NCCCO)C(=O)O1. The maximum Gasteiger partial charge on any atom is 0.329 e. The Morgan fingerprint density at radius 2 is 1.94 bits per heavy atom. The van der Waals surface area contributed by atoms with Crippen LogP contribution in [0.4, 0.5) is 0 Å². The normalized spacial score (nSPS) is 20.9. The average Bonchev–Trinajstić information content (AvgIpc) is 2.13. The minimum atomic E-state index is -1.20. The number of carbonyl (C=O) groups is 2. The van der Waals surface area contributed by atoms with Gasteiger partial charge in [0.05, 0.1) is 0 Å². The molecule has 0 aliphatic carbocycles. The minimum absolute atomic E-state index is 0.0178. The zero-order valence-corrected chi connectivity index (χ0v) is 9.30. The molecule has 0 spiro atoms. The van der Waals surface area contributed by atoms with Crippen molar-refractivity contribution in [1.82, 2.24) is 0 Å². The van der Waals surface area contributed by atoms with E-state index in [1.807, 2.05) is 0 Å². The summed E-state index contributed by atoms with van der Waals surface area (Å²) < 4.78 is 9.78. The van der Waals surface area contributed by atoms with E-state index in [0.29, 0.717) is 13.0 Å². The molecule has 0 unspecified atom stereocenters. The fraction of sp³-hybridized carbons (Fsp3) is 0.700. The highest BCUT2D eigenvalue weighted by atomic mass is 16.7. The molecule has 1 N–H and O–H groups in total. The molecule has 16 heavy (non-hydrogen) atoms. The Morgan fingerprint density at radius 1 is 1.38 bits per heavy atom. The number of aliphatic imine (C=N–C) groups is 1. The molecule has 1 heterocycles. The Hall–Kier alpha value is -1.43. The summed E-state index contributed by atoms with van der Waals surface area (Å²) in [6.07, 6.45) is 1.69. The third-order valence-corrected chi connectivity index (χ3v) is 1.90. The Labute approximate surface area is 93.3 Å². The van der Waals surface area contributed by atoms with Gasteiger partial charge in [0, 0.05) is 33.2 Å². The van der Waals surface area contributed by atoms with Crippen molar-refractivity contribution in [3.05, 3.63) is 0 Å². The molecule has 1 rings (SSSR count). The molecule has 1 aliphatic heterocycles. The number of aliphatic hydroxyl groups excluding tert-OH is 1. The summed E-state index contributed by atoms with van der Waals surface area (Å²) >= 11 is 0. The minimum Gasteiger partial charge on any atom is -0.422 e. The molecule has 0 aromatic rings. The second kappa shape index (κ2) is 5.07. The first kappa shape index (κ1) is 12.6. The summed E-state index contributed by atoms with van der Waals surface area (Å²) in [5.41, 5.74) is 0. The molecular formula is C10H15NO5. The van der Waals surface area contributed by atoms with E-state index >= 15 is 0 Å². The Morgan fingerprint density at radius 3 is 2.44 bits per heavy atom. The third-order valence-electron chi connectivity index (χ3n) is 1.90. The van der Waals surface area contributed by atoms with Crippen molar-refractivity contribution >= 4 is 18.2 Å². The van der Waals surface area contributed by atoms with Crippen LogP contribution in [-0.2, 0) is 19.1 Å². The van der Waals surface area contributed by atoms with E-state index in [2.05, 4.69) is 4.99 Å². The molecule has 0 amide bonds. The molecule has 0 bridgehead atoms. The van der Waals surface area contributed by atoms with E-state index in [4.69, 9.17) is 14.6 Å². The van der Waals surface area contributed by atoms with Crippen molar-refractivity contribution in [2.45, 2.75) is 26.1 Å². The van der Waals surface area contributed by atoms with Crippen LogP contribution in [0.2, 0.25) is 0 Å². The van der Waals surface area contributed by atoms with Crippen LogP contribution in [0.1, 0.15) is 20.3 Å². The molecule has 1 aliphatic rings. The van der Waals surface area contributed by atoms with Crippen molar-refractivity contribution in [2.24, 2.45) is 10.9 Å². The van der Waals surface area contributed by atoms with Crippen molar-refractivity contribution in [3.8, 4) is 0 Å². The van der Waals surface area contributed by atoms with Gasteiger partial charge in [-0.1, -0.05) is 0 Å². The molecular weight excluding hydrogens is 214 g/mol. The third kappa shape index (κ3) is 3.30. The summed E-state index contributed by atoms with van der Waals surface area (Å²) in [6.45, 7) is 3.35. The van der Waals surface area contributed by atoms with Gasteiger partial charge in [0.15, 0.2) is 5.92 Å². The number of carbonyl (C=O) groups excluding carboxylic acids is 2. The predicted molar refractivity (Wildman–Crippen MR) is 54.8 cm³/mol. The zero-order chi connectivity index (χ0) is 12.2. The maximum atomic E-state index is 11.4. The quantitative estimate of drug-likeness (QED) is 0.315. The van der Waals surface area contributed by atoms with Gasteiger partial charge >= 0.3 is 11.9 Å². The zero-order valence-electron chi connectivity index (χ0n) is 9.30. The highest BCUT2D eigenvalue weighted by Crippen LogP contribution is 2.21. The van der Waals surface area contributed by atoms with Crippen LogP contribution in [0.3, 0.4) is 0 Å². The second-order valence-corrected chi connectivity index (χ2v) is 3.85. The summed E-state index contributed by atoms with van der Waals surface area (Å²) in [5.74, 6) is -3.61. The van der Waals surface area contributed by atoms with Crippen LogP contribution in [0, 0.1) is 5.92 Å². The highest BCUT2D eigenvalue weighted by molar-refractivity contribution is 6.10. The van der Waals surface area contributed by atoms with Crippen LogP contribution >= 0.6 is 0 Å². The highest BCUT2D eigenvalue weighted by Gasteiger charge is 2.42. The van der Waals surface area contributed by atoms with E-state index in [1.165, 1.54) is 20.1 Å². The molecule has 1 saturated heterocycles. The Kier molecular flexibility index (Phi) is 4.00. The standard InChI is InChI=1S/C10H15NO5/c1-10(2)15-8(13)7(9(14)16-10)6-11-4-3-5-12/h6-7,12H,3-5H2,1-2H3. The molecule has 0 radical (unpaired) electrons. The Bertz CT molecular complexity index is 290. The van der Waals surface area contributed by atoms with E-state index in [1.54, 1.807) is 0 Å². The summed E-state index contributed by atoms with van der Waals surface area (Å²) in [7, 11) is 0.